The minimum Gasteiger partial charge on any atom is -0.207 e. The van der Waals surface area contributed by atoms with Crippen molar-refractivity contribution in [2.45, 2.75) is 18.4 Å². The van der Waals surface area contributed by atoms with Crippen LogP contribution in [-0.4, -0.2) is 8.42 Å². The topological polar surface area (TPSA) is 46.2 Å². The van der Waals surface area contributed by atoms with E-state index in [1.54, 1.807) is 6.92 Å². The molecule has 0 saturated heterocycles. The number of sulfonamides is 1. The molecule has 5 heteroatoms. The van der Waals surface area contributed by atoms with Gasteiger partial charge in [0.2, 0.25) is 10.0 Å². The Hall–Kier alpha value is -1.72. The number of halogens is 1. The Morgan fingerprint density at radius 2 is 1.79 bits per heavy atom. The summed E-state index contributed by atoms with van der Waals surface area (Å²) >= 11 is 0. The van der Waals surface area contributed by atoms with Gasteiger partial charge in [-0.05, 0) is 36.2 Å². The smallest absolute Gasteiger partial charge is 0.207 e. The van der Waals surface area contributed by atoms with Gasteiger partial charge in [-0.15, -0.1) is 0 Å². The Labute approximate surface area is 112 Å². The second-order valence-corrected chi connectivity index (χ2v) is 5.96. The average molecular weight is 279 g/mol. The maximum atomic E-state index is 13.0. The van der Waals surface area contributed by atoms with Crippen LogP contribution in [0.3, 0.4) is 0 Å². The molecule has 100 valence electrons. The fourth-order valence-electron chi connectivity index (χ4n) is 1.77. The van der Waals surface area contributed by atoms with Gasteiger partial charge in [0, 0.05) is 6.54 Å². The van der Waals surface area contributed by atoms with Gasteiger partial charge >= 0.3 is 0 Å². The van der Waals surface area contributed by atoms with Crippen molar-refractivity contribution in [2.75, 3.05) is 0 Å². The van der Waals surface area contributed by atoms with Gasteiger partial charge in [-0.2, -0.15) is 0 Å². The summed E-state index contributed by atoms with van der Waals surface area (Å²) in [5.41, 5.74) is 1.26. The summed E-state index contributed by atoms with van der Waals surface area (Å²) in [6.45, 7) is 1.78. The third-order valence-corrected chi connectivity index (χ3v) is 4.30. The highest BCUT2D eigenvalue weighted by Gasteiger charge is 2.16. The first-order valence-electron chi connectivity index (χ1n) is 5.79. The lowest BCUT2D eigenvalue weighted by Crippen LogP contribution is -2.24. The lowest BCUT2D eigenvalue weighted by atomic mass is 10.2. The molecule has 0 aliphatic carbocycles. The fourth-order valence-corrected chi connectivity index (χ4v) is 3.01. The van der Waals surface area contributed by atoms with Crippen LogP contribution in [0.4, 0.5) is 4.39 Å². The summed E-state index contributed by atoms with van der Waals surface area (Å²) in [4.78, 5) is 0.102. The molecule has 0 unspecified atom stereocenters. The second kappa shape index (κ2) is 5.50. The molecular weight excluding hydrogens is 265 g/mol. The number of hydrogen-bond donors (Lipinski definition) is 1. The molecule has 0 heterocycles. The van der Waals surface area contributed by atoms with Crippen LogP contribution >= 0.6 is 0 Å². The van der Waals surface area contributed by atoms with E-state index in [9.17, 15) is 12.8 Å². The quantitative estimate of drug-likeness (QED) is 0.935. The van der Waals surface area contributed by atoms with Gasteiger partial charge < -0.3 is 0 Å². The molecule has 0 fully saturated rings. The van der Waals surface area contributed by atoms with Gasteiger partial charge in [-0.1, -0.05) is 30.3 Å². The lowest BCUT2D eigenvalue weighted by molar-refractivity contribution is 0.579. The van der Waals surface area contributed by atoms with Crippen molar-refractivity contribution in [3.05, 3.63) is 65.5 Å². The van der Waals surface area contributed by atoms with Crippen molar-refractivity contribution in [1.29, 1.82) is 0 Å². The first kappa shape index (κ1) is 13.7. The molecule has 0 amide bonds. The molecule has 19 heavy (non-hydrogen) atoms. The fraction of sp³-hybridized carbons (Fsp3) is 0.143. The van der Waals surface area contributed by atoms with E-state index < -0.39 is 15.8 Å². The molecule has 1 N–H and O–H groups in total. The predicted octanol–water partition coefficient (Wildman–Crippen LogP) is 2.61. The Bertz CT molecular complexity index is 669. The van der Waals surface area contributed by atoms with Crippen LogP contribution in [0.2, 0.25) is 0 Å². The minimum atomic E-state index is -3.62. The van der Waals surface area contributed by atoms with E-state index in [0.29, 0.717) is 5.56 Å². The van der Waals surface area contributed by atoms with Crippen molar-refractivity contribution >= 4 is 10.0 Å². The Morgan fingerprint density at radius 1 is 1.11 bits per heavy atom. The molecule has 2 aromatic carbocycles. The normalized spacial score (nSPS) is 11.5. The highest BCUT2D eigenvalue weighted by molar-refractivity contribution is 7.89. The number of benzene rings is 2. The number of hydrogen-bond acceptors (Lipinski definition) is 2. The molecule has 0 aromatic heterocycles. The third-order valence-electron chi connectivity index (χ3n) is 2.74. The second-order valence-electron chi connectivity index (χ2n) is 4.22. The number of nitrogens with one attached hydrogen (secondary N) is 1. The predicted molar refractivity (Wildman–Crippen MR) is 71.6 cm³/mol. The molecule has 0 aliphatic heterocycles. The molecule has 0 aliphatic rings. The minimum absolute atomic E-state index is 0.102. The highest BCUT2D eigenvalue weighted by Crippen LogP contribution is 2.16. The van der Waals surface area contributed by atoms with Gasteiger partial charge in [0.15, 0.2) is 0 Å². The Morgan fingerprint density at radius 3 is 2.42 bits per heavy atom. The van der Waals surface area contributed by atoms with E-state index in [1.807, 2.05) is 30.3 Å². The van der Waals surface area contributed by atoms with Crippen molar-refractivity contribution in [1.82, 2.24) is 4.72 Å². The summed E-state index contributed by atoms with van der Waals surface area (Å²) in [5, 5.41) is 0. The van der Waals surface area contributed by atoms with Gasteiger partial charge in [0.25, 0.3) is 0 Å². The summed E-state index contributed by atoms with van der Waals surface area (Å²) < 4.78 is 39.7. The molecule has 0 spiro atoms. The van der Waals surface area contributed by atoms with E-state index >= 15 is 0 Å². The van der Waals surface area contributed by atoms with Crippen LogP contribution in [0.5, 0.6) is 0 Å². The van der Waals surface area contributed by atoms with Crippen LogP contribution in [0.15, 0.2) is 53.4 Å². The lowest BCUT2D eigenvalue weighted by Gasteiger charge is -2.09. The third kappa shape index (κ3) is 3.39. The van der Waals surface area contributed by atoms with E-state index in [4.69, 9.17) is 0 Å². The van der Waals surface area contributed by atoms with Crippen LogP contribution in [-0.2, 0) is 16.6 Å². The van der Waals surface area contributed by atoms with Gasteiger partial charge in [-0.25, -0.2) is 17.5 Å². The molecule has 2 aromatic rings. The summed E-state index contributed by atoms with van der Waals surface area (Å²) in [7, 11) is -3.62. The standard InChI is InChI=1S/C14H14FNO2S/c1-11-9-13(15)7-8-14(11)19(17,18)16-10-12-5-3-2-4-6-12/h2-9,16H,10H2,1H3. The first-order valence-corrected chi connectivity index (χ1v) is 7.27. The molecule has 0 saturated carbocycles. The summed E-state index contributed by atoms with van der Waals surface area (Å²) in [6.07, 6.45) is 0. The zero-order valence-corrected chi connectivity index (χ0v) is 11.2. The number of aryl methyl sites for hydroxylation is 1. The molecule has 2 rings (SSSR count). The van der Waals surface area contributed by atoms with Gasteiger partial charge in [-0.3, -0.25) is 0 Å². The summed E-state index contributed by atoms with van der Waals surface area (Å²) in [5.74, 6) is -0.445. The van der Waals surface area contributed by atoms with Gasteiger partial charge in [0.1, 0.15) is 5.82 Å². The molecule has 3 nitrogen and oxygen atoms in total. The molecular formula is C14H14FNO2S. The largest absolute Gasteiger partial charge is 0.241 e. The molecule has 0 radical (unpaired) electrons. The first-order chi connectivity index (χ1) is 8.99. The zero-order chi connectivity index (χ0) is 13.9. The van der Waals surface area contributed by atoms with Crippen LogP contribution in [0.25, 0.3) is 0 Å². The van der Waals surface area contributed by atoms with Crippen molar-refractivity contribution < 1.29 is 12.8 Å². The van der Waals surface area contributed by atoms with Crippen LogP contribution in [0, 0.1) is 12.7 Å². The van der Waals surface area contributed by atoms with Crippen LogP contribution in [0.1, 0.15) is 11.1 Å². The Balaban J connectivity index is 2.19. The van der Waals surface area contributed by atoms with E-state index in [1.165, 1.54) is 12.1 Å². The van der Waals surface area contributed by atoms with Crippen molar-refractivity contribution in [2.24, 2.45) is 0 Å². The van der Waals surface area contributed by atoms with E-state index in [-0.39, 0.29) is 11.4 Å². The molecule has 0 bridgehead atoms. The van der Waals surface area contributed by atoms with Crippen molar-refractivity contribution in [3.63, 3.8) is 0 Å². The number of rotatable bonds is 4. The highest BCUT2D eigenvalue weighted by atomic mass is 32.2. The average Bonchev–Trinajstić information content (AvgIpc) is 2.37. The van der Waals surface area contributed by atoms with Crippen LogP contribution < -0.4 is 4.72 Å². The SMILES string of the molecule is Cc1cc(F)ccc1S(=O)(=O)NCc1ccccc1. The van der Waals surface area contributed by atoms with Gasteiger partial charge in [0.05, 0.1) is 4.90 Å². The monoisotopic (exact) mass is 279 g/mol. The maximum Gasteiger partial charge on any atom is 0.241 e. The summed E-state index contributed by atoms with van der Waals surface area (Å²) in [6, 6.07) is 12.8. The zero-order valence-electron chi connectivity index (χ0n) is 10.4. The van der Waals surface area contributed by atoms with Crippen molar-refractivity contribution in [3.8, 4) is 0 Å². The Kier molecular flexibility index (Phi) is 3.97. The molecule has 0 atom stereocenters. The van der Waals surface area contributed by atoms with E-state index in [2.05, 4.69) is 4.72 Å². The maximum absolute atomic E-state index is 13.0. The van der Waals surface area contributed by atoms with E-state index in [0.717, 1.165) is 11.6 Å².